The van der Waals surface area contributed by atoms with Gasteiger partial charge < -0.3 is 9.80 Å². The summed E-state index contributed by atoms with van der Waals surface area (Å²) in [5.41, 5.74) is 3.71. The average molecular weight is 340 g/mol. The van der Waals surface area contributed by atoms with Crippen LogP contribution in [0.3, 0.4) is 0 Å². The van der Waals surface area contributed by atoms with Crippen LogP contribution >= 0.6 is 0 Å². The minimum atomic E-state index is -0.0614. The fraction of sp³-hybridized carbons (Fsp3) is 0.421. The zero-order valence-corrected chi connectivity index (χ0v) is 15.0. The highest BCUT2D eigenvalue weighted by molar-refractivity contribution is 5.93. The van der Waals surface area contributed by atoms with E-state index in [2.05, 4.69) is 24.2 Å². The quantitative estimate of drug-likeness (QED) is 0.858. The molecular weight excluding hydrogens is 316 g/mol. The zero-order chi connectivity index (χ0) is 18.0. The molecule has 0 atom stereocenters. The van der Waals surface area contributed by atoms with Crippen LogP contribution in [-0.4, -0.2) is 51.0 Å². The number of benzene rings is 1. The predicted octanol–water partition coefficient (Wildman–Crippen LogP) is 1.91. The minimum Gasteiger partial charge on any atom is -0.337 e. The van der Waals surface area contributed by atoms with Crippen molar-refractivity contribution in [1.29, 1.82) is 0 Å². The van der Waals surface area contributed by atoms with Crippen LogP contribution in [0.2, 0.25) is 0 Å². The normalized spacial score (nSPS) is 15.4. The van der Waals surface area contributed by atoms with Crippen molar-refractivity contribution in [1.82, 2.24) is 19.6 Å². The van der Waals surface area contributed by atoms with Gasteiger partial charge >= 0.3 is 0 Å². The summed E-state index contributed by atoms with van der Waals surface area (Å²) < 4.78 is 1.61. The molecule has 2 amide bonds. The number of carbonyl (C=O) groups is 2. The molecule has 1 aliphatic rings. The lowest BCUT2D eigenvalue weighted by atomic mass is 10.1. The van der Waals surface area contributed by atoms with Gasteiger partial charge in [0.2, 0.25) is 5.91 Å². The van der Waals surface area contributed by atoms with Gasteiger partial charge in [-0.15, -0.1) is 0 Å². The van der Waals surface area contributed by atoms with Crippen LogP contribution < -0.4 is 0 Å². The molecule has 2 aromatic rings. The Labute approximate surface area is 148 Å². The standard InChI is InChI=1S/C19H24N4O2/c1-14-6-4-5-7-16(14)13-23-11-10-22(9-8-18(23)24)19(25)17-12-15(2)20-21(17)3/h4-7,12H,8-11,13H2,1-3H3. The summed E-state index contributed by atoms with van der Waals surface area (Å²) in [4.78, 5) is 28.8. The summed E-state index contributed by atoms with van der Waals surface area (Å²) in [6.45, 7) is 6.06. The van der Waals surface area contributed by atoms with Crippen LogP contribution in [0.15, 0.2) is 30.3 Å². The smallest absolute Gasteiger partial charge is 0.272 e. The van der Waals surface area contributed by atoms with E-state index in [1.165, 1.54) is 5.56 Å². The number of carbonyl (C=O) groups excluding carboxylic acids is 2. The fourth-order valence-corrected chi connectivity index (χ4v) is 3.20. The third kappa shape index (κ3) is 3.73. The first-order chi connectivity index (χ1) is 12.0. The molecule has 1 aromatic heterocycles. The minimum absolute atomic E-state index is 0.0614. The van der Waals surface area contributed by atoms with Crippen LogP contribution in [0.1, 0.15) is 33.7 Å². The Morgan fingerprint density at radius 3 is 2.60 bits per heavy atom. The lowest BCUT2D eigenvalue weighted by Gasteiger charge is -2.23. The van der Waals surface area contributed by atoms with Crippen molar-refractivity contribution in [2.24, 2.45) is 7.05 Å². The molecule has 25 heavy (non-hydrogen) atoms. The molecule has 0 saturated carbocycles. The van der Waals surface area contributed by atoms with Crippen molar-refractivity contribution >= 4 is 11.8 Å². The Hall–Kier alpha value is -2.63. The first-order valence-corrected chi connectivity index (χ1v) is 8.58. The molecule has 0 bridgehead atoms. The van der Waals surface area contributed by atoms with Gasteiger partial charge in [0.15, 0.2) is 0 Å². The van der Waals surface area contributed by atoms with Crippen molar-refractivity contribution in [3.8, 4) is 0 Å². The van der Waals surface area contributed by atoms with Crippen molar-refractivity contribution in [3.63, 3.8) is 0 Å². The molecule has 132 valence electrons. The van der Waals surface area contributed by atoms with E-state index in [4.69, 9.17) is 0 Å². The van der Waals surface area contributed by atoms with Crippen LogP contribution in [-0.2, 0) is 18.4 Å². The van der Waals surface area contributed by atoms with E-state index in [9.17, 15) is 9.59 Å². The van der Waals surface area contributed by atoms with Gasteiger partial charge in [-0.1, -0.05) is 24.3 Å². The van der Waals surface area contributed by atoms with Gasteiger partial charge in [0, 0.05) is 39.6 Å². The lowest BCUT2D eigenvalue weighted by molar-refractivity contribution is -0.130. The highest BCUT2D eigenvalue weighted by Crippen LogP contribution is 2.15. The molecule has 1 saturated heterocycles. The molecule has 2 heterocycles. The van der Waals surface area contributed by atoms with Gasteiger partial charge in [-0.3, -0.25) is 14.3 Å². The second kappa shape index (κ2) is 7.09. The topological polar surface area (TPSA) is 58.4 Å². The third-order valence-corrected chi connectivity index (χ3v) is 4.72. The van der Waals surface area contributed by atoms with E-state index in [1.54, 1.807) is 22.7 Å². The Morgan fingerprint density at radius 2 is 1.92 bits per heavy atom. The number of hydrogen-bond acceptors (Lipinski definition) is 3. The zero-order valence-electron chi connectivity index (χ0n) is 15.0. The predicted molar refractivity (Wildman–Crippen MR) is 95.1 cm³/mol. The largest absolute Gasteiger partial charge is 0.337 e. The Balaban J connectivity index is 1.70. The Morgan fingerprint density at radius 1 is 1.16 bits per heavy atom. The second-order valence-electron chi connectivity index (χ2n) is 6.58. The van der Waals surface area contributed by atoms with E-state index in [0.29, 0.717) is 38.3 Å². The molecule has 1 fully saturated rings. The van der Waals surface area contributed by atoms with Crippen LogP contribution in [0.5, 0.6) is 0 Å². The van der Waals surface area contributed by atoms with E-state index >= 15 is 0 Å². The van der Waals surface area contributed by atoms with Gasteiger partial charge in [-0.25, -0.2) is 0 Å². The van der Waals surface area contributed by atoms with Crippen LogP contribution in [0.4, 0.5) is 0 Å². The number of hydrogen-bond donors (Lipinski definition) is 0. The van der Waals surface area contributed by atoms with Gasteiger partial charge in [-0.2, -0.15) is 5.10 Å². The summed E-state index contributed by atoms with van der Waals surface area (Å²) in [6, 6.07) is 9.89. The summed E-state index contributed by atoms with van der Waals surface area (Å²) in [5.74, 6) is 0.0355. The fourth-order valence-electron chi connectivity index (χ4n) is 3.20. The van der Waals surface area contributed by atoms with E-state index < -0.39 is 0 Å². The maximum absolute atomic E-state index is 12.7. The molecule has 1 aliphatic heterocycles. The maximum atomic E-state index is 12.7. The third-order valence-electron chi connectivity index (χ3n) is 4.72. The lowest BCUT2D eigenvalue weighted by Crippen LogP contribution is -2.36. The van der Waals surface area contributed by atoms with Crippen LogP contribution in [0.25, 0.3) is 0 Å². The van der Waals surface area contributed by atoms with Gasteiger partial charge in [0.25, 0.3) is 5.91 Å². The molecule has 6 nitrogen and oxygen atoms in total. The molecular formula is C19H24N4O2. The summed E-state index contributed by atoms with van der Waals surface area (Å²) in [7, 11) is 1.77. The van der Waals surface area contributed by atoms with E-state index in [0.717, 1.165) is 11.3 Å². The monoisotopic (exact) mass is 340 g/mol. The van der Waals surface area contributed by atoms with Gasteiger partial charge in [0.1, 0.15) is 5.69 Å². The van der Waals surface area contributed by atoms with Crippen molar-refractivity contribution < 1.29 is 9.59 Å². The maximum Gasteiger partial charge on any atom is 0.272 e. The molecule has 6 heteroatoms. The highest BCUT2D eigenvalue weighted by Gasteiger charge is 2.26. The molecule has 0 N–H and O–H groups in total. The van der Waals surface area contributed by atoms with Crippen molar-refractivity contribution in [2.45, 2.75) is 26.8 Å². The van der Waals surface area contributed by atoms with Gasteiger partial charge in [-0.05, 0) is 31.0 Å². The first kappa shape index (κ1) is 17.2. The number of nitrogens with zero attached hydrogens (tertiary/aromatic N) is 4. The van der Waals surface area contributed by atoms with Gasteiger partial charge in [0.05, 0.1) is 5.69 Å². The SMILES string of the molecule is Cc1cc(C(=O)N2CCC(=O)N(Cc3ccccc3C)CC2)n(C)n1. The molecule has 0 unspecified atom stereocenters. The summed E-state index contributed by atoms with van der Waals surface area (Å²) >= 11 is 0. The number of aromatic nitrogens is 2. The summed E-state index contributed by atoms with van der Waals surface area (Å²) in [6.07, 6.45) is 0.356. The molecule has 3 rings (SSSR count). The van der Waals surface area contributed by atoms with Crippen molar-refractivity contribution in [3.05, 3.63) is 52.8 Å². The van der Waals surface area contributed by atoms with Crippen LogP contribution in [0, 0.1) is 13.8 Å². The first-order valence-electron chi connectivity index (χ1n) is 8.58. The molecule has 1 aromatic carbocycles. The van der Waals surface area contributed by atoms with E-state index in [-0.39, 0.29) is 11.8 Å². The summed E-state index contributed by atoms with van der Waals surface area (Å²) in [5, 5.41) is 4.24. The molecule has 0 radical (unpaired) electrons. The number of aryl methyl sites for hydroxylation is 3. The second-order valence-corrected chi connectivity index (χ2v) is 6.58. The highest BCUT2D eigenvalue weighted by atomic mass is 16.2. The average Bonchev–Trinajstić information content (AvgIpc) is 2.81. The Bertz CT molecular complexity index is 796. The number of rotatable bonds is 3. The van der Waals surface area contributed by atoms with E-state index in [1.807, 2.05) is 24.0 Å². The molecule has 0 aliphatic carbocycles. The van der Waals surface area contributed by atoms with Crippen molar-refractivity contribution in [2.75, 3.05) is 19.6 Å². The number of amides is 2. The Kier molecular flexibility index (Phi) is 4.88. The molecule has 0 spiro atoms.